The average Bonchev–Trinajstić information content (AvgIpc) is 3.09. The maximum absolute atomic E-state index is 12.8. The quantitative estimate of drug-likeness (QED) is 0.733. The van der Waals surface area contributed by atoms with Crippen LogP contribution in [0.5, 0.6) is 0 Å². The lowest BCUT2D eigenvalue weighted by molar-refractivity contribution is -0.151. The van der Waals surface area contributed by atoms with E-state index >= 15 is 0 Å². The molecule has 0 saturated carbocycles. The number of carbonyl (C=O) groups is 2. The van der Waals surface area contributed by atoms with Crippen LogP contribution in [0.2, 0.25) is 0 Å². The predicted octanol–water partition coefficient (Wildman–Crippen LogP) is 2.50. The molecule has 2 aliphatic heterocycles. The molecule has 0 radical (unpaired) electrons. The van der Waals surface area contributed by atoms with E-state index in [9.17, 15) is 9.59 Å². The van der Waals surface area contributed by atoms with Crippen molar-refractivity contribution < 1.29 is 14.3 Å². The van der Waals surface area contributed by atoms with Gasteiger partial charge in [0.15, 0.2) is 0 Å². The number of carbonyl (C=O) groups excluding carboxylic acids is 2. The van der Waals surface area contributed by atoms with Crippen molar-refractivity contribution in [3.63, 3.8) is 0 Å². The Morgan fingerprint density at radius 3 is 2.65 bits per heavy atom. The Bertz CT molecular complexity index is 605. The molecule has 2 saturated heterocycles. The molecule has 1 aromatic carbocycles. The highest BCUT2D eigenvalue weighted by Gasteiger charge is 2.32. The fourth-order valence-corrected chi connectivity index (χ4v) is 4.15. The van der Waals surface area contributed by atoms with E-state index in [2.05, 4.69) is 29.2 Å². The maximum atomic E-state index is 12.8. The van der Waals surface area contributed by atoms with E-state index in [1.807, 2.05) is 17.9 Å². The molecule has 26 heavy (non-hydrogen) atoms. The van der Waals surface area contributed by atoms with Crippen LogP contribution in [0.25, 0.3) is 0 Å². The van der Waals surface area contributed by atoms with Crippen molar-refractivity contribution in [2.75, 3.05) is 32.8 Å². The van der Waals surface area contributed by atoms with Crippen molar-refractivity contribution >= 4 is 11.9 Å². The van der Waals surface area contributed by atoms with Gasteiger partial charge in [-0.05, 0) is 51.1 Å². The summed E-state index contributed by atoms with van der Waals surface area (Å²) in [7, 11) is 0. The number of hydrogen-bond acceptors (Lipinski definition) is 4. The van der Waals surface area contributed by atoms with Crippen molar-refractivity contribution in [2.24, 2.45) is 5.92 Å². The Balaban J connectivity index is 1.54. The van der Waals surface area contributed by atoms with Crippen LogP contribution in [0, 0.1) is 5.92 Å². The molecule has 3 rings (SSSR count). The second-order valence-electron chi connectivity index (χ2n) is 7.39. The largest absolute Gasteiger partial charge is 0.466 e. The van der Waals surface area contributed by atoms with Gasteiger partial charge in [-0.3, -0.25) is 14.5 Å². The Morgan fingerprint density at radius 1 is 1.12 bits per heavy atom. The Labute approximate surface area is 156 Å². The van der Waals surface area contributed by atoms with Gasteiger partial charge in [-0.2, -0.15) is 0 Å². The van der Waals surface area contributed by atoms with Gasteiger partial charge >= 0.3 is 5.97 Å². The van der Waals surface area contributed by atoms with Crippen molar-refractivity contribution in [1.82, 2.24) is 9.80 Å². The summed E-state index contributed by atoms with van der Waals surface area (Å²) < 4.78 is 5.14. The molecule has 1 aromatic rings. The Kier molecular flexibility index (Phi) is 6.67. The molecule has 0 unspecified atom stereocenters. The van der Waals surface area contributed by atoms with E-state index in [1.54, 1.807) is 0 Å². The summed E-state index contributed by atoms with van der Waals surface area (Å²) in [6.07, 6.45) is 5.00. The molecule has 0 aliphatic carbocycles. The first-order valence-electron chi connectivity index (χ1n) is 9.89. The minimum absolute atomic E-state index is 0.152. The average molecular weight is 358 g/mol. The van der Waals surface area contributed by atoms with Crippen molar-refractivity contribution in [3.8, 4) is 0 Å². The molecule has 0 N–H and O–H groups in total. The summed E-state index contributed by atoms with van der Waals surface area (Å²) in [4.78, 5) is 29.0. The third-order valence-corrected chi connectivity index (χ3v) is 5.55. The zero-order valence-corrected chi connectivity index (χ0v) is 15.7. The third kappa shape index (κ3) is 4.85. The second kappa shape index (κ2) is 9.17. The molecule has 5 nitrogen and oxygen atoms in total. The van der Waals surface area contributed by atoms with Gasteiger partial charge in [-0.15, -0.1) is 0 Å². The van der Waals surface area contributed by atoms with Crippen LogP contribution >= 0.6 is 0 Å². The first kappa shape index (κ1) is 18.9. The van der Waals surface area contributed by atoms with Crippen LogP contribution in [-0.4, -0.2) is 60.5 Å². The molecule has 142 valence electrons. The number of benzene rings is 1. The van der Waals surface area contributed by atoms with Crippen LogP contribution < -0.4 is 0 Å². The highest BCUT2D eigenvalue weighted by molar-refractivity contribution is 5.80. The topological polar surface area (TPSA) is 49.9 Å². The third-order valence-electron chi connectivity index (χ3n) is 5.55. The smallest absolute Gasteiger partial charge is 0.310 e. The van der Waals surface area contributed by atoms with Gasteiger partial charge in [-0.1, -0.05) is 30.3 Å². The van der Waals surface area contributed by atoms with Crippen molar-refractivity contribution in [2.45, 2.75) is 45.1 Å². The normalized spacial score (nSPS) is 23.8. The molecule has 0 bridgehead atoms. The summed E-state index contributed by atoms with van der Waals surface area (Å²) in [5.74, 6) is -0.168. The van der Waals surface area contributed by atoms with Crippen LogP contribution in [0.3, 0.4) is 0 Å². The SMILES string of the molecule is CCOC(=O)[C@H]1CCCN(C(=O)CN2CCC[C@H]2Cc2ccccc2)C1. The van der Waals surface area contributed by atoms with E-state index < -0.39 is 0 Å². The minimum Gasteiger partial charge on any atom is -0.466 e. The number of amides is 1. The molecule has 2 heterocycles. The minimum atomic E-state index is -0.161. The van der Waals surface area contributed by atoms with Gasteiger partial charge in [0.1, 0.15) is 0 Å². The summed E-state index contributed by atoms with van der Waals surface area (Å²) in [5, 5.41) is 0. The number of nitrogens with zero attached hydrogens (tertiary/aromatic N) is 2. The molecule has 2 aliphatic rings. The monoisotopic (exact) mass is 358 g/mol. The summed E-state index contributed by atoms with van der Waals surface area (Å²) >= 11 is 0. The van der Waals surface area contributed by atoms with E-state index in [0.717, 1.165) is 45.2 Å². The maximum Gasteiger partial charge on any atom is 0.310 e. The number of hydrogen-bond donors (Lipinski definition) is 0. The summed E-state index contributed by atoms with van der Waals surface area (Å²) in [6, 6.07) is 10.9. The number of rotatable bonds is 6. The highest BCUT2D eigenvalue weighted by atomic mass is 16.5. The van der Waals surface area contributed by atoms with E-state index in [1.165, 1.54) is 5.56 Å². The summed E-state index contributed by atoms with van der Waals surface area (Å²) in [6.45, 7) is 4.94. The Hall–Kier alpha value is -1.88. The Morgan fingerprint density at radius 2 is 1.88 bits per heavy atom. The molecular weight excluding hydrogens is 328 g/mol. The van der Waals surface area contributed by atoms with Gasteiger partial charge in [-0.25, -0.2) is 0 Å². The second-order valence-corrected chi connectivity index (χ2v) is 7.39. The van der Waals surface area contributed by atoms with Gasteiger partial charge in [0, 0.05) is 19.1 Å². The van der Waals surface area contributed by atoms with Crippen LogP contribution in [0.1, 0.15) is 38.2 Å². The molecule has 1 amide bonds. The fraction of sp³-hybridized carbons (Fsp3) is 0.619. The zero-order chi connectivity index (χ0) is 18.4. The molecule has 0 aromatic heterocycles. The summed E-state index contributed by atoms with van der Waals surface area (Å²) in [5.41, 5.74) is 1.33. The molecule has 2 atom stereocenters. The van der Waals surface area contributed by atoms with Gasteiger partial charge in [0.05, 0.1) is 19.1 Å². The van der Waals surface area contributed by atoms with Crippen molar-refractivity contribution in [3.05, 3.63) is 35.9 Å². The zero-order valence-electron chi connectivity index (χ0n) is 15.7. The van der Waals surface area contributed by atoms with Crippen LogP contribution in [0.4, 0.5) is 0 Å². The number of piperidine rings is 1. The van der Waals surface area contributed by atoms with Gasteiger partial charge < -0.3 is 9.64 Å². The van der Waals surface area contributed by atoms with Crippen molar-refractivity contribution in [1.29, 1.82) is 0 Å². The predicted molar refractivity (Wildman–Crippen MR) is 101 cm³/mol. The highest BCUT2D eigenvalue weighted by Crippen LogP contribution is 2.23. The lowest BCUT2D eigenvalue weighted by atomic mass is 9.98. The lowest BCUT2D eigenvalue weighted by Crippen LogP contribution is -2.47. The fourth-order valence-electron chi connectivity index (χ4n) is 4.15. The molecule has 5 heteroatoms. The number of esters is 1. The molecule has 0 spiro atoms. The number of likely N-dealkylation sites (tertiary alicyclic amines) is 2. The molecule has 2 fully saturated rings. The van der Waals surface area contributed by atoms with E-state index in [0.29, 0.717) is 25.7 Å². The number of ether oxygens (including phenoxy) is 1. The van der Waals surface area contributed by atoms with E-state index in [4.69, 9.17) is 4.74 Å². The van der Waals surface area contributed by atoms with Crippen LogP contribution in [-0.2, 0) is 20.7 Å². The molecular formula is C21H30N2O3. The van der Waals surface area contributed by atoms with Gasteiger partial charge in [0.2, 0.25) is 5.91 Å². The van der Waals surface area contributed by atoms with E-state index in [-0.39, 0.29) is 17.8 Å². The van der Waals surface area contributed by atoms with Crippen LogP contribution in [0.15, 0.2) is 30.3 Å². The first-order valence-corrected chi connectivity index (χ1v) is 9.89. The van der Waals surface area contributed by atoms with Gasteiger partial charge in [0.25, 0.3) is 0 Å². The lowest BCUT2D eigenvalue weighted by Gasteiger charge is -2.33. The first-order chi connectivity index (χ1) is 12.7. The standard InChI is InChI=1S/C21H30N2O3/c1-2-26-21(25)18-10-6-13-23(15-18)20(24)16-22-12-7-11-19(22)14-17-8-4-3-5-9-17/h3-5,8-9,18-19H,2,6-7,10-16H2,1H3/t18-,19-/m0/s1.